The van der Waals surface area contributed by atoms with Crippen LogP contribution in [0.15, 0.2) is 47.3 Å². The number of carbonyl (C=O) groups excluding carboxylic acids is 1. The van der Waals surface area contributed by atoms with Crippen LogP contribution < -0.4 is 20.9 Å². The van der Waals surface area contributed by atoms with Gasteiger partial charge in [0.05, 0.1) is 6.54 Å². The average Bonchev–Trinajstić information content (AvgIpc) is 3.20. The number of hydrogen-bond donors (Lipinski definition) is 3. The highest BCUT2D eigenvalue weighted by molar-refractivity contribution is 5.76. The molecule has 0 saturated carbocycles. The van der Waals surface area contributed by atoms with Crippen LogP contribution in [-0.4, -0.2) is 30.6 Å². The highest BCUT2D eigenvalue weighted by Gasteiger charge is 2.34. The number of pyridine rings is 1. The van der Waals surface area contributed by atoms with Crippen LogP contribution in [-0.2, 0) is 12.7 Å². The number of nitrogens with one attached hydrogen (secondary N) is 3. The number of nitrogens with zero attached hydrogens (tertiary/aromatic N) is 2. The van der Waals surface area contributed by atoms with Crippen molar-refractivity contribution in [1.29, 1.82) is 0 Å². The second kappa shape index (κ2) is 8.64. The Labute approximate surface area is 179 Å². The maximum absolute atomic E-state index is 13.2. The first-order chi connectivity index (χ1) is 14.8. The number of dihydropyridines is 1. The molecule has 1 aliphatic carbocycles. The number of alkyl halides is 3. The third kappa shape index (κ3) is 5.03. The lowest BCUT2D eigenvalue weighted by molar-refractivity contribution is -0.141. The maximum Gasteiger partial charge on any atom is 0.433 e. The van der Waals surface area contributed by atoms with Crippen molar-refractivity contribution in [1.82, 2.24) is 20.9 Å². The Balaban J connectivity index is 1.44. The minimum absolute atomic E-state index is 0.0918. The second-order valence-corrected chi connectivity index (χ2v) is 8.22. The van der Waals surface area contributed by atoms with Gasteiger partial charge in [0.25, 0.3) is 0 Å². The summed E-state index contributed by atoms with van der Waals surface area (Å²) in [7, 11) is 0. The molecule has 1 saturated heterocycles. The summed E-state index contributed by atoms with van der Waals surface area (Å²) in [6.07, 6.45) is 4.14. The van der Waals surface area contributed by atoms with E-state index in [4.69, 9.17) is 0 Å². The van der Waals surface area contributed by atoms with Crippen LogP contribution in [0.2, 0.25) is 0 Å². The predicted octanol–water partition coefficient (Wildman–Crippen LogP) is 3.84. The van der Waals surface area contributed by atoms with Crippen LogP contribution in [0, 0.1) is 5.92 Å². The minimum Gasteiger partial charge on any atom is -0.379 e. The van der Waals surface area contributed by atoms with E-state index in [2.05, 4.69) is 33.9 Å². The molecule has 166 valence electrons. The highest BCUT2D eigenvalue weighted by atomic mass is 19.4. The fourth-order valence-electron chi connectivity index (χ4n) is 3.99. The molecule has 0 spiro atoms. The van der Waals surface area contributed by atoms with Gasteiger partial charge in [-0.2, -0.15) is 13.2 Å². The maximum atomic E-state index is 13.2. The molecule has 1 fully saturated rings. The Morgan fingerprint density at radius 2 is 2.06 bits per heavy atom. The number of carbonyl (C=O) groups is 1. The van der Waals surface area contributed by atoms with Gasteiger partial charge in [-0.1, -0.05) is 19.1 Å². The van der Waals surface area contributed by atoms with Crippen molar-refractivity contribution in [2.45, 2.75) is 38.9 Å². The van der Waals surface area contributed by atoms with Gasteiger partial charge >= 0.3 is 12.2 Å². The monoisotopic (exact) mass is 433 g/mol. The number of allylic oxidation sites excluding steroid dienone is 4. The highest BCUT2D eigenvalue weighted by Crippen LogP contribution is 2.32. The number of rotatable bonds is 4. The SMILES string of the molecule is CC1CCN(c2nc(C(F)(F)F)ccc2CNC(=O)NC2=CC3=C(C=CC3)NC2)CC1. The van der Waals surface area contributed by atoms with E-state index in [-0.39, 0.29) is 6.54 Å². The fourth-order valence-corrected chi connectivity index (χ4v) is 3.99. The van der Waals surface area contributed by atoms with Gasteiger partial charge in [-0.25, -0.2) is 9.78 Å². The van der Waals surface area contributed by atoms with E-state index >= 15 is 0 Å². The van der Waals surface area contributed by atoms with Crippen LogP contribution in [0.5, 0.6) is 0 Å². The van der Waals surface area contributed by atoms with E-state index in [1.54, 1.807) is 0 Å². The van der Waals surface area contributed by atoms with Gasteiger partial charge in [0, 0.05) is 36.6 Å². The van der Waals surface area contributed by atoms with E-state index in [0.717, 1.165) is 42.3 Å². The molecule has 6 nitrogen and oxygen atoms in total. The molecule has 4 rings (SSSR count). The van der Waals surface area contributed by atoms with Gasteiger partial charge in [0.2, 0.25) is 0 Å². The molecular formula is C22H26F3N5O. The van der Waals surface area contributed by atoms with Crippen molar-refractivity contribution >= 4 is 11.8 Å². The van der Waals surface area contributed by atoms with Gasteiger partial charge in [0.1, 0.15) is 11.5 Å². The second-order valence-electron chi connectivity index (χ2n) is 8.22. The van der Waals surface area contributed by atoms with Crippen molar-refractivity contribution in [3.05, 3.63) is 58.6 Å². The van der Waals surface area contributed by atoms with E-state index in [0.29, 0.717) is 36.9 Å². The number of urea groups is 1. The Morgan fingerprint density at radius 3 is 2.81 bits per heavy atom. The summed E-state index contributed by atoms with van der Waals surface area (Å²) in [6.45, 7) is 4.04. The minimum atomic E-state index is -4.51. The van der Waals surface area contributed by atoms with Crippen molar-refractivity contribution in [3.8, 4) is 0 Å². The van der Waals surface area contributed by atoms with Crippen molar-refractivity contribution in [3.63, 3.8) is 0 Å². The van der Waals surface area contributed by atoms with Gasteiger partial charge in [0.15, 0.2) is 0 Å². The first-order valence-corrected chi connectivity index (χ1v) is 10.5. The Bertz CT molecular complexity index is 943. The van der Waals surface area contributed by atoms with Gasteiger partial charge < -0.3 is 20.9 Å². The van der Waals surface area contributed by atoms with Crippen LogP contribution in [0.3, 0.4) is 0 Å². The zero-order valence-corrected chi connectivity index (χ0v) is 17.4. The van der Waals surface area contributed by atoms with Crippen LogP contribution in [0.25, 0.3) is 0 Å². The first kappa shape index (κ1) is 21.3. The molecule has 3 N–H and O–H groups in total. The fraction of sp³-hybridized carbons (Fsp3) is 0.455. The molecule has 0 aromatic carbocycles. The topological polar surface area (TPSA) is 69.3 Å². The smallest absolute Gasteiger partial charge is 0.379 e. The largest absolute Gasteiger partial charge is 0.433 e. The molecule has 0 unspecified atom stereocenters. The summed E-state index contributed by atoms with van der Waals surface area (Å²) < 4.78 is 39.6. The molecule has 2 amide bonds. The summed E-state index contributed by atoms with van der Waals surface area (Å²) in [5, 5.41) is 8.81. The summed E-state index contributed by atoms with van der Waals surface area (Å²) in [6, 6.07) is 1.98. The number of hydrogen-bond acceptors (Lipinski definition) is 4. The standard InChI is InChI=1S/C22H26F3N5O/c1-14-7-9-30(10-8-14)20-16(5-6-19(29-20)22(23,24)25)12-27-21(31)28-17-11-15-3-2-4-18(15)26-13-17/h2,4-6,11,14,26H,3,7-10,12-13H2,1H3,(H2,27,28,31). The molecule has 3 aliphatic rings. The molecule has 31 heavy (non-hydrogen) atoms. The van der Waals surface area contributed by atoms with Gasteiger partial charge in [-0.15, -0.1) is 0 Å². The third-order valence-electron chi connectivity index (χ3n) is 5.83. The lowest BCUT2D eigenvalue weighted by atomic mass is 9.99. The van der Waals surface area contributed by atoms with Gasteiger partial charge in [-0.05, 0) is 49.0 Å². The molecule has 0 bridgehead atoms. The van der Waals surface area contributed by atoms with E-state index < -0.39 is 17.9 Å². The summed E-state index contributed by atoms with van der Waals surface area (Å²) in [4.78, 5) is 18.2. The zero-order chi connectivity index (χ0) is 22.0. The Morgan fingerprint density at radius 1 is 1.29 bits per heavy atom. The first-order valence-electron chi connectivity index (χ1n) is 10.5. The van der Waals surface area contributed by atoms with Crippen LogP contribution in [0.4, 0.5) is 23.8 Å². The number of aromatic nitrogens is 1. The molecule has 1 aromatic rings. The average molecular weight is 433 g/mol. The summed E-state index contributed by atoms with van der Waals surface area (Å²) >= 11 is 0. The van der Waals surface area contributed by atoms with E-state index in [1.165, 1.54) is 6.07 Å². The quantitative estimate of drug-likeness (QED) is 0.675. The van der Waals surface area contributed by atoms with Crippen LogP contribution in [0.1, 0.15) is 37.4 Å². The zero-order valence-electron chi connectivity index (χ0n) is 17.4. The molecule has 0 atom stereocenters. The number of amides is 2. The summed E-state index contributed by atoms with van der Waals surface area (Å²) in [5.41, 5.74) is 2.59. The van der Waals surface area contributed by atoms with Crippen LogP contribution >= 0.6 is 0 Å². The van der Waals surface area contributed by atoms with Crippen molar-refractivity contribution < 1.29 is 18.0 Å². The van der Waals surface area contributed by atoms with E-state index in [1.807, 2.05) is 17.1 Å². The number of piperidine rings is 1. The van der Waals surface area contributed by atoms with E-state index in [9.17, 15) is 18.0 Å². The third-order valence-corrected chi connectivity index (χ3v) is 5.83. The summed E-state index contributed by atoms with van der Waals surface area (Å²) in [5.74, 6) is 0.838. The number of anilines is 1. The Kier molecular flexibility index (Phi) is 5.93. The normalized spacial score (nSPS) is 19.1. The molecule has 2 aliphatic heterocycles. The molecule has 3 heterocycles. The molecule has 9 heteroatoms. The molecule has 0 radical (unpaired) electrons. The van der Waals surface area contributed by atoms with Crippen molar-refractivity contribution in [2.75, 3.05) is 24.5 Å². The predicted molar refractivity (Wildman–Crippen MR) is 112 cm³/mol. The van der Waals surface area contributed by atoms with Crippen molar-refractivity contribution in [2.24, 2.45) is 5.92 Å². The molecular weight excluding hydrogens is 407 g/mol. The molecule has 1 aromatic heterocycles. The lowest BCUT2D eigenvalue weighted by Crippen LogP contribution is -2.39. The Hall–Kier alpha value is -2.97. The lowest BCUT2D eigenvalue weighted by Gasteiger charge is -2.33. The number of halogens is 3. The van der Waals surface area contributed by atoms with Gasteiger partial charge in [-0.3, -0.25) is 0 Å².